The molecular formula is C95H69N3O7. The van der Waals surface area contributed by atoms with Crippen molar-refractivity contribution in [3.05, 3.63) is 289 Å². The van der Waals surface area contributed by atoms with Gasteiger partial charge in [0, 0.05) is 85.2 Å². The van der Waals surface area contributed by atoms with Crippen LogP contribution in [0.5, 0.6) is 0 Å². The number of nitrogens with zero attached hydrogens (tertiary/aromatic N) is 3. The Morgan fingerprint density at radius 1 is 0.314 bits per heavy atom. The van der Waals surface area contributed by atoms with Crippen LogP contribution in [-0.4, -0.2) is 54.1 Å². The number of carbonyl (C=O) groups excluding carboxylic acids is 7. The van der Waals surface area contributed by atoms with Gasteiger partial charge in [0.2, 0.25) is 0 Å². The van der Waals surface area contributed by atoms with Gasteiger partial charge in [-0.1, -0.05) is 169 Å². The Hall–Kier alpha value is -12.3. The van der Waals surface area contributed by atoms with Crippen molar-refractivity contribution in [2.45, 2.75) is 91.9 Å². The smallest absolute Gasteiger partial charge is 0.265 e. The van der Waals surface area contributed by atoms with E-state index in [0.29, 0.717) is 50.2 Å². The molecule has 506 valence electrons. The van der Waals surface area contributed by atoms with E-state index in [0.717, 1.165) is 108 Å². The molecule has 0 spiro atoms. The average Bonchev–Trinajstić information content (AvgIpc) is 1.60. The molecule has 0 unspecified atom stereocenters. The Balaban J connectivity index is 0.563. The predicted octanol–water partition coefficient (Wildman–Crippen LogP) is 21.0. The highest BCUT2D eigenvalue weighted by atomic mass is 16.2. The number of carbonyl (C=O) groups is 7. The molecule has 0 bridgehead atoms. The highest BCUT2D eigenvalue weighted by Gasteiger charge is 2.44. The number of hydrogen-bond donors (Lipinski definition) is 0. The van der Waals surface area contributed by atoms with Crippen molar-refractivity contribution in [3.63, 3.8) is 0 Å². The van der Waals surface area contributed by atoms with Crippen LogP contribution in [0.3, 0.4) is 0 Å². The minimum atomic E-state index is -0.645. The molecule has 7 aliphatic rings. The quantitative estimate of drug-likeness (QED) is 0.119. The standard InChI is InChI=1S/C95H69N3O7/c1-48-57-19-13-39-96-40-14-20-58(86(57)96)49(2)81(48)83-67-17-11-9-15-65(67)82(66-16-10-12-18-68(66)83)54-25-32-63-61-30-23-52(43-75(61)88(100)77(63)45-54)50-21-28-59-60-29-22-51(42-74(60)87(99)73(59)41-50)53-24-31-62-64-33-27-56(47-78(64)89(101)76(62)44-53)97-90(102)69-34-36-71-85-72(37-35-70(84(69)85)91(97)103)93(105)98(92(71)104)80-46-55(94(3,4)5)26-38-79(80)95(6,7)8/h9-12,15-18,21-38,41-47H,13-14,19-20,39-40H2,1-8H3. The van der Waals surface area contributed by atoms with Crippen molar-refractivity contribution in [1.29, 1.82) is 0 Å². The first kappa shape index (κ1) is 62.5. The van der Waals surface area contributed by atoms with Gasteiger partial charge >= 0.3 is 0 Å². The topological polar surface area (TPSA) is 129 Å². The van der Waals surface area contributed by atoms with Crippen molar-refractivity contribution in [2.75, 3.05) is 27.8 Å². The molecule has 3 aliphatic carbocycles. The minimum Gasteiger partial charge on any atom is -0.371 e. The van der Waals surface area contributed by atoms with Crippen molar-refractivity contribution in [3.8, 4) is 77.9 Å². The summed E-state index contributed by atoms with van der Waals surface area (Å²) in [5, 5.41) is 5.25. The Labute approximate surface area is 607 Å². The van der Waals surface area contributed by atoms with E-state index in [9.17, 15) is 33.6 Å². The van der Waals surface area contributed by atoms with Crippen molar-refractivity contribution >= 4 is 90.4 Å². The van der Waals surface area contributed by atoms with E-state index in [4.69, 9.17) is 0 Å². The van der Waals surface area contributed by atoms with E-state index < -0.39 is 29.0 Å². The van der Waals surface area contributed by atoms with Gasteiger partial charge in [0.1, 0.15) is 0 Å². The summed E-state index contributed by atoms with van der Waals surface area (Å²) in [7, 11) is 0. The Bertz CT molecular complexity index is 6220. The molecule has 0 saturated carbocycles. The Morgan fingerprint density at radius 3 is 1.07 bits per heavy atom. The van der Waals surface area contributed by atoms with E-state index >= 15 is 0 Å². The van der Waals surface area contributed by atoms with Gasteiger partial charge in [-0.15, -0.1) is 0 Å². The van der Waals surface area contributed by atoms with Gasteiger partial charge in [-0.3, -0.25) is 33.6 Å². The maximum Gasteiger partial charge on any atom is 0.265 e. The highest BCUT2D eigenvalue weighted by molar-refractivity contribution is 6.43. The van der Waals surface area contributed by atoms with E-state index in [1.807, 2.05) is 112 Å². The maximum absolute atomic E-state index is 14.9. The predicted molar refractivity (Wildman–Crippen MR) is 418 cm³/mol. The number of anilines is 3. The number of hydrogen-bond acceptors (Lipinski definition) is 8. The fourth-order valence-corrected chi connectivity index (χ4v) is 18.8. The van der Waals surface area contributed by atoms with Crippen LogP contribution in [0.15, 0.2) is 200 Å². The van der Waals surface area contributed by atoms with Crippen molar-refractivity contribution in [2.24, 2.45) is 0 Å². The molecule has 10 nitrogen and oxygen atoms in total. The van der Waals surface area contributed by atoms with Crippen LogP contribution in [-0.2, 0) is 23.7 Å². The summed E-state index contributed by atoms with van der Waals surface area (Å²) in [6.45, 7) is 19.3. The van der Waals surface area contributed by atoms with Crippen LogP contribution in [0.2, 0.25) is 0 Å². The molecule has 105 heavy (non-hydrogen) atoms. The first-order chi connectivity index (χ1) is 50.6. The van der Waals surface area contributed by atoms with Crippen LogP contribution in [0.25, 0.3) is 110 Å². The minimum absolute atomic E-state index is 0.0300. The molecule has 0 radical (unpaired) electrons. The number of ketones is 3. The maximum atomic E-state index is 14.9. The van der Waals surface area contributed by atoms with Gasteiger partial charge in [0.25, 0.3) is 23.6 Å². The number of fused-ring (bicyclic) bond motifs is 11. The Morgan fingerprint density at radius 2 is 0.667 bits per heavy atom. The molecule has 13 aromatic carbocycles. The third-order valence-corrected chi connectivity index (χ3v) is 23.9. The number of amides is 4. The summed E-state index contributed by atoms with van der Waals surface area (Å²) in [5.41, 5.74) is 25.7. The van der Waals surface area contributed by atoms with Crippen LogP contribution >= 0.6 is 0 Å². The zero-order chi connectivity index (χ0) is 71.9. The van der Waals surface area contributed by atoms with Gasteiger partial charge in [0.15, 0.2) is 17.3 Å². The largest absolute Gasteiger partial charge is 0.371 e. The highest BCUT2D eigenvalue weighted by Crippen LogP contribution is 2.53. The molecule has 0 saturated heterocycles. The fourth-order valence-electron chi connectivity index (χ4n) is 18.8. The van der Waals surface area contributed by atoms with E-state index in [1.165, 1.54) is 67.6 Å². The SMILES string of the molecule is Cc1c2c3c(c(C)c1-c1c4ccccc4c(-c4ccc5c(c4)C(=O)c4cc(-c6ccc7c(c6)C(=O)c6cc(-c8ccc9c(c8)C(=O)c8cc(N%10C(=O)c%11ccc%12c%13c(ccc(c%11%13)C%10=O)C(=O)N(c%10cc(C(C)(C)C)ccc%10C(C)(C)C)C%12=O)ccc8-9)ccc6-7)ccc4-5)c4ccccc14)CCCN3CCC2. The van der Waals surface area contributed by atoms with Gasteiger partial charge in [-0.05, 0) is 256 Å². The lowest BCUT2D eigenvalue weighted by atomic mass is 9.78. The summed E-state index contributed by atoms with van der Waals surface area (Å²) >= 11 is 0. The molecule has 4 heterocycles. The summed E-state index contributed by atoms with van der Waals surface area (Å²) in [4.78, 5) is 108. The molecule has 0 aromatic heterocycles. The summed E-state index contributed by atoms with van der Waals surface area (Å²) in [6, 6.07) is 64.7. The molecule has 0 atom stereocenters. The van der Waals surface area contributed by atoms with Crippen LogP contribution in [0.4, 0.5) is 17.1 Å². The van der Waals surface area contributed by atoms with Crippen LogP contribution in [0.1, 0.15) is 177 Å². The lowest BCUT2D eigenvalue weighted by Gasteiger charge is -2.39. The van der Waals surface area contributed by atoms with Gasteiger partial charge in [-0.25, -0.2) is 9.80 Å². The summed E-state index contributed by atoms with van der Waals surface area (Å²) in [6.07, 6.45) is 4.55. The van der Waals surface area contributed by atoms with E-state index in [1.54, 1.807) is 42.5 Å². The number of rotatable bonds is 6. The average molecular weight is 1360 g/mol. The van der Waals surface area contributed by atoms with Gasteiger partial charge < -0.3 is 4.90 Å². The molecule has 4 aliphatic heterocycles. The molecule has 13 aromatic rings. The van der Waals surface area contributed by atoms with E-state index in [-0.39, 0.29) is 61.5 Å². The zero-order valence-electron chi connectivity index (χ0n) is 59.5. The molecule has 10 heteroatoms. The summed E-state index contributed by atoms with van der Waals surface area (Å²) < 4.78 is 0. The Kier molecular flexibility index (Phi) is 13.0. The number of benzene rings is 13. The molecule has 20 rings (SSSR count). The lowest BCUT2D eigenvalue weighted by Crippen LogP contribution is -2.44. The monoisotopic (exact) mass is 1360 g/mol. The number of imide groups is 2. The van der Waals surface area contributed by atoms with Crippen molar-refractivity contribution in [1.82, 2.24) is 0 Å². The molecular weight excluding hydrogens is 1300 g/mol. The third kappa shape index (κ3) is 8.74. The van der Waals surface area contributed by atoms with Gasteiger partial charge in [0.05, 0.1) is 11.4 Å². The molecule has 4 amide bonds. The second-order valence-electron chi connectivity index (χ2n) is 31.7. The third-order valence-electron chi connectivity index (χ3n) is 23.9. The molecule has 0 fully saturated rings. The normalized spacial score (nSPS) is 15.3. The van der Waals surface area contributed by atoms with E-state index in [2.05, 4.69) is 106 Å². The van der Waals surface area contributed by atoms with Crippen molar-refractivity contribution < 1.29 is 33.6 Å². The van der Waals surface area contributed by atoms with Crippen LogP contribution < -0.4 is 14.7 Å². The zero-order valence-corrected chi connectivity index (χ0v) is 59.5. The first-order valence-corrected chi connectivity index (χ1v) is 36.5. The summed E-state index contributed by atoms with van der Waals surface area (Å²) in [5.74, 6) is -2.80. The van der Waals surface area contributed by atoms with Crippen LogP contribution in [0, 0.1) is 13.8 Å². The lowest BCUT2D eigenvalue weighted by molar-refractivity contribution is 0.0872. The second-order valence-corrected chi connectivity index (χ2v) is 31.7. The fraction of sp³-hybridized carbons (Fsp3) is 0.168. The molecule has 0 N–H and O–H groups in total. The first-order valence-electron chi connectivity index (χ1n) is 36.5. The van der Waals surface area contributed by atoms with Gasteiger partial charge in [-0.2, -0.15) is 0 Å². The second kappa shape index (κ2) is 21.9.